The highest BCUT2D eigenvalue weighted by molar-refractivity contribution is 6.02. The van der Waals surface area contributed by atoms with Crippen LogP contribution in [0.25, 0.3) is 10.9 Å². The fourth-order valence-corrected chi connectivity index (χ4v) is 3.40. The van der Waals surface area contributed by atoms with E-state index >= 15 is 0 Å². The van der Waals surface area contributed by atoms with E-state index in [1.807, 2.05) is 0 Å². The van der Waals surface area contributed by atoms with Crippen LogP contribution in [-0.4, -0.2) is 40.3 Å². The monoisotopic (exact) mass is 450 g/mol. The smallest absolute Gasteiger partial charge is 0.422 e. The van der Waals surface area contributed by atoms with Gasteiger partial charge >= 0.3 is 12.1 Å². The number of ketones is 1. The van der Waals surface area contributed by atoms with E-state index in [2.05, 4.69) is 0 Å². The van der Waals surface area contributed by atoms with E-state index in [9.17, 15) is 27.6 Å². The van der Waals surface area contributed by atoms with Crippen LogP contribution in [0, 0.1) is 6.92 Å². The second kappa shape index (κ2) is 8.89. The molecule has 1 aromatic carbocycles. The molecular formula is C22H21F3N2O5. The number of esters is 1. The number of Topliss-reactive ketones (excluding diaryl/α,β-unsaturated/α-hetero) is 1. The molecule has 0 atom stereocenters. The first kappa shape index (κ1) is 23.1. The largest absolute Gasteiger partial charge is 0.481 e. The lowest BCUT2D eigenvalue weighted by Gasteiger charge is -2.12. The quantitative estimate of drug-likeness (QED) is 0.406. The van der Waals surface area contributed by atoms with Crippen molar-refractivity contribution in [1.29, 1.82) is 0 Å². The molecule has 0 aliphatic carbocycles. The summed E-state index contributed by atoms with van der Waals surface area (Å²) in [6.45, 7) is 1.09. The number of nitrogens with zero attached hydrogens (tertiary/aromatic N) is 2. The van der Waals surface area contributed by atoms with Crippen molar-refractivity contribution in [2.24, 2.45) is 7.05 Å². The Kier molecular flexibility index (Phi) is 6.42. The SMILES string of the molecule is CCOC(=O)c1c(OCC(F)(F)F)c2c(=O)n(CC(=O)c3ccccc3)c(C)cc2n1C. The van der Waals surface area contributed by atoms with E-state index in [0.29, 0.717) is 11.3 Å². The van der Waals surface area contributed by atoms with E-state index in [1.54, 1.807) is 44.2 Å². The first-order valence-electron chi connectivity index (χ1n) is 9.73. The molecule has 0 aliphatic heterocycles. The third kappa shape index (κ3) is 4.53. The molecule has 170 valence electrons. The zero-order chi connectivity index (χ0) is 23.6. The van der Waals surface area contributed by atoms with Crippen LogP contribution in [0.4, 0.5) is 13.2 Å². The van der Waals surface area contributed by atoms with Gasteiger partial charge in [-0.2, -0.15) is 13.2 Å². The molecule has 0 saturated carbocycles. The summed E-state index contributed by atoms with van der Waals surface area (Å²) >= 11 is 0. The number of aromatic nitrogens is 2. The molecule has 0 fully saturated rings. The topological polar surface area (TPSA) is 79.5 Å². The average molecular weight is 450 g/mol. The molecule has 3 aromatic rings. The summed E-state index contributed by atoms with van der Waals surface area (Å²) < 4.78 is 50.9. The fourth-order valence-electron chi connectivity index (χ4n) is 3.40. The van der Waals surface area contributed by atoms with Gasteiger partial charge in [-0.15, -0.1) is 0 Å². The third-order valence-electron chi connectivity index (χ3n) is 4.87. The molecule has 0 radical (unpaired) electrons. The Labute approximate surface area is 181 Å². The standard InChI is InChI=1S/C22H21F3N2O5/c1-4-31-21(30)18-19(32-12-22(23,24)25)17-15(26(18)3)10-13(2)27(20(17)29)11-16(28)14-8-6-5-7-9-14/h5-10H,4,11-12H2,1-3H3. The van der Waals surface area contributed by atoms with E-state index < -0.39 is 30.1 Å². The van der Waals surface area contributed by atoms with Crippen LogP contribution >= 0.6 is 0 Å². The van der Waals surface area contributed by atoms with E-state index in [-0.39, 0.29) is 35.5 Å². The lowest BCUT2D eigenvalue weighted by atomic mass is 10.1. The number of aryl methyl sites for hydroxylation is 2. The summed E-state index contributed by atoms with van der Waals surface area (Å²) in [6.07, 6.45) is -4.69. The molecule has 0 saturated heterocycles. The normalized spacial score (nSPS) is 11.6. The zero-order valence-electron chi connectivity index (χ0n) is 17.7. The maximum absolute atomic E-state index is 13.3. The number of carbonyl (C=O) groups excluding carboxylic acids is 2. The van der Waals surface area contributed by atoms with Crippen molar-refractivity contribution in [3.05, 3.63) is 63.7 Å². The molecule has 0 unspecified atom stereocenters. The van der Waals surface area contributed by atoms with Gasteiger partial charge in [-0.05, 0) is 19.9 Å². The summed E-state index contributed by atoms with van der Waals surface area (Å²) in [5.74, 6) is -1.80. The summed E-state index contributed by atoms with van der Waals surface area (Å²) in [4.78, 5) is 38.4. The highest BCUT2D eigenvalue weighted by atomic mass is 19.4. The van der Waals surface area contributed by atoms with Crippen molar-refractivity contribution in [2.45, 2.75) is 26.6 Å². The Morgan fingerprint density at radius 3 is 2.38 bits per heavy atom. The Morgan fingerprint density at radius 2 is 1.78 bits per heavy atom. The summed E-state index contributed by atoms with van der Waals surface area (Å²) in [5, 5.41) is -0.230. The lowest BCUT2D eigenvalue weighted by molar-refractivity contribution is -0.153. The highest BCUT2D eigenvalue weighted by Gasteiger charge is 2.33. The molecule has 7 nitrogen and oxygen atoms in total. The lowest BCUT2D eigenvalue weighted by Crippen LogP contribution is -2.27. The van der Waals surface area contributed by atoms with E-state index in [0.717, 1.165) is 4.57 Å². The van der Waals surface area contributed by atoms with E-state index in [4.69, 9.17) is 9.47 Å². The number of ether oxygens (including phenoxy) is 2. The van der Waals surface area contributed by atoms with Gasteiger partial charge in [0.2, 0.25) is 0 Å². The number of hydrogen-bond acceptors (Lipinski definition) is 5. The number of fused-ring (bicyclic) bond motifs is 1. The van der Waals surface area contributed by atoms with Gasteiger partial charge in [0.1, 0.15) is 5.39 Å². The van der Waals surface area contributed by atoms with Crippen molar-refractivity contribution in [2.75, 3.05) is 13.2 Å². The predicted octanol–water partition coefficient (Wildman–Crippen LogP) is 3.65. The molecule has 3 rings (SSSR count). The zero-order valence-corrected chi connectivity index (χ0v) is 17.7. The number of rotatable bonds is 7. The molecule has 0 N–H and O–H groups in total. The van der Waals surface area contributed by atoms with Gasteiger partial charge in [-0.3, -0.25) is 9.59 Å². The third-order valence-corrected chi connectivity index (χ3v) is 4.87. The van der Waals surface area contributed by atoms with Crippen LogP contribution < -0.4 is 10.3 Å². The van der Waals surface area contributed by atoms with Crippen molar-refractivity contribution in [1.82, 2.24) is 9.13 Å². The highest BCUT2D eigenvalue weighted by Crippen LogP contribution is 2.33. The number of benzene rings is 1. The summed E-state index contributed by atoms with van der Waals surface area (Å²) in [6, 6.07) is 9.81. The summed E-state index contributed by atoms with van der Waals surface area (Å²) in [5.41, 5.74) is -0.0867. The fraction of sp³-hybridized carbons (Fsp3) is 0.318. The van der Waals surface area contributed by atoms with Crippen molar-refractivity contribution < 1.29 is 32.2 Å². The van der Waals surface area contributed by atoms with Crippen molar-refractivity contribution in [3.8, 4) is 5.75 Å². The molecule has 0 spiro atoms. The molecule has 2 aromatic heterocycles. The Hall–Kier alpha value is -3.56. The van der Waals surface area contributed by atoms with Crippen LogP contribution in [-0.2, 0) is 18.3 Å². The van der Waals surface area contributed by atoms with Gasteiger partial charge in [-0.1, -0.05) is 30.3 Å². The first-order chi connectivity index (χ1) is 15.0. The Bertz CT molecular complexity index is 1230. The maximum Gasteiger partial charge on any atom is 0.422 e. The van der Waals surface area contributed by atoms with E-state index in [1.165, 1.54) is 17.7 Å². The summed E-state index contributed by atoms with van der Waals surface area (Å²) in [7, 11) is 1.42. The molecule has 32 heavy (non-hydrogen) atoms. The Balaban J connectivity index is 2.19. The van der Waals surface area contributed by atoms with Crippen molar-refractivity contribution >= 4 is 22.7 Å². The van der Waals surface area contributed by atoms with Gasteiger partial charge in [-0.25, -0.2) is 4.79 Å². The average Bonchev–Trinajstić information content (AvgIpc) is 3.01. The number of halogens is 3. The van der Waals surface area contributed by atoms with Crippen LogP contribution in [0.1, 0.15) is 33.5 Å². The van der Waals surface area contributed by atoms with Gasteiger partial charge in [0.05, 0.1) is 18.7 Å². The van der Waals surface area contributed by atoms with Crippen molar-refractivity contribution in [3.63, 3.8) is 0 Å². The predicted molar refractivity (Wildman–Crippen MR) is 110 cm³/mol. The Morgan fingerprint density at radius 1 is 1.12 bits per heavy atom. The van der Waals surface area contributed by atoms with Crippen LogP contribution in [0.5, 0.6) is 5.75 Å². The molecule has 0 amide bonds. The maximum atomic E-state index is 13.3. The van der Waals surface area contributed by atoms with Crippen LogP contribution in [0.15, 0.2) is 41.2 Å². The number of alkyl halides is 3. The number of pyridine rings is 1. The molecule has 0 aliphatic rings. The molecule has 2 heterocycles. The van der Waals surface area contributed by atoms with Gasteiger partial charge in [0.25, 0.3) is 5.56 Å². The van der Waals surface area contributed by atoms with Gasteiger partial charge < -0.3 is 18.6 Å². The number of hydrogen-bond donors (Lipinski definition) is 0. The van der Waals surface area contributed by atoms with Crippen LogP contribution in [0.2, 0.25) is 0 Å². The number of carbonyl (C=O) groups is 2. The van der Waals surface area contributed by atoms with Crippen LogP contribution in [0.3, 0.4) is 0 Å². The molecular weight excluding hydrogens is 429 g/mol. The minimum Gasteiger partial charge on any atom is -0.481 e. The second-order valence-corrected chi connectivity index (χ2v) is 7.09. The van der Waals surface area contributed by atoms with Gasteiger partial charge in [0, 0.05) is 18.3 Å². The minimum atomic E-state index is -4.69. The second-order valence-electron chi connectivity index (χ2n) is 7.09. The first-order valence-corrected chi connectivity index (χ1v) is 9.73. The minimum absolute atomic E-state index is 0.0199. The molecule has 0 bridgehead atoms. The molecule has 10 heteroatoms. The van der Waals surface area contributed by atoms with Gasteiger partial charge in [0.15, 0.2) is 23.8 Å².